The smallest absolute Gasteiger partial charge is 0.308 e. The molecule has 6 heteroatoms. The molecule has 0 saturated carbocycles. The van der Waals surface area contributed by atoms with Crippen LogP contribution < -0.4 is 5.43 Å². The summed E-state index contributed by atoms with van der Waals surface area (Å²) in [4.78, 5) is 25.7. The van der Waals surface area contributed by atoms with Crippen LogP contribution in [0.2, 0.25) is 0 Å². The topological polar surface area (TPSA) is 99.6 Å². The predicted molar refractivity (Wildman–Crippen MR) is 72.2 cm³/mol. The number of aromatic amines is 1. The minimum Gasteiger partial charge on any atom is -0.469 e. The van der Waals surface area contributed by atoms with Gasteiger partial charge in [-0.2, -0.15) is 0 Å². The van der Waals surface area contributed by atoms with E-state index in [0.29, 0.717) is 16.5 Å². The number of hydrogen-bond donors (Lipinski definition) is 3. The van der Waals surface area contributed by atoms with E-state index in [0.717, 1.165) is 0 Å². The van der Waals surface area contributed by atoms with Crippen LogP contribution in [0.1, 0.15) is 18.1 Å². The third kappa shape index (κ3) is 2.87. The van der Waals surface area contributed by atoms with E-state index < -0.39 is 18.2 Å². The van der Waals surface area contributed by atoms with Crippen molar-refractivity contribution in [2.24, 2.45) is 0 Å². The molecule has 0 radical (unpaired) electrons. The van der Waals surface area contributed by atoms with Crippen LogP contribution >= 0.6 is 0 Å². The second kappa shape index (κ2) is 5.85. The zero-order valence-corrected chi connectivity index (χ0v) is 10.9. The maximum absolute atomic E-state index is 11.7. The number of pyridine rings is 1. The maximum Gasteiger partial charge on any atom is 0.308 e. The Bertz CT molecular complexity index is 679. The molecule has 0 amide bonds. The summed E-state index contributed by atoms with van der Waals surface area (Å²) in [6.45, 7) is 0. The highest BCUT2D eigenvalue weighted by Gasteiger charge is 2.22. The number of fused-ring (bicyclic) bond motifs is 1. The fourth-order valence-electron chi connectivity index (χ4n) is 1.96. The Labute approximate surface area is 114 Å². The summed E-state index contributed by atoms with van der Waals surface area (Å²) in [5.41, 5.74) is 0.816. The summed E-state index contributed by atoms with van der Waals surface area (Å²) in [5.74, 6) is -0.616. The van der Waals surface area contributed by atoms with Crippen molar-refractivity contribution in [3.63, 3.8) is 0 Å². The highest BCUT2D eigenvalue weighted by molar-refractivity contribution is 5.79. The van der Waals surface area contributed by atoms with Gasteiger partial charge in [-0.05, 0) is 17.7 Å². The van der Waals surface area contributed by atoms with Gasteiger partial charge in [-0.25, -0.2) is 0 Å². The summed E-state index contributed by atoms with van der Waals surface area (Å²) >= 11 is 0. The van der Waals surface area contributed by atoms with E-state index in [-0.39, 0.29) is 11.8 Å². The van der Waals surface area contributed by atoms with Gasteiger partial charge in [-0.3, -0.25) is 9.59 Å². The van der Waals surface area contributed by atoms with E-state index >= 15 is 0 Å². The highest BCUT2D eigenvalue weighted by Crippen LogP contribution is 2.21. The molecule has 0 aliphatic rings. The van der Waals surface area contributed by atoms with Crippen molar-refractivity contribution < 1.29 is 19.7 Å². The molecule has 2 aromatic rings. The molecule has 0 aliphatic heterocycles. The normalized spacial score (nSPS) is 13.9. The number of nitrogens with one attached hydrogen (secondary N) is 1. The molecule has 0 saturated heterocycles. The van der Waals surface area contributed by atoms with Crippen LogP contribution in [0.5, 0.6) is 0 Å². The van der Waals surface area contributed by atoms with E-state index in [1.54, 1.807) is 12.1 Å². The number of rotatable bonds is 4. The van der Waals surface area contributed by atoms with E-state index in [2.05, 4.69) is 9.72 Å². The van der Waals surface area contributed by atoms with Crippen LogP contribution in [0, 0.1) is 0 Å². The largest absolute Gasteiger partial charge is 0.469 e. The number of carbonyl (C=O) groups excluding carboxylic acids is 1. The molecule has 6 nitrogen and oxygen atoms in total. The summed E-state index contributed by atoms with van der Waals surface area (Å²) in [6, 6.07) is 6.10. The molecule has 2 unspecified atom stereocenters. The van der Waals surface area contributed by atoms with Crippen LogP contribution in [-0.2, 0) is 9.53 Å². The van der Waals surface area contributed by atoms with Gasteiger partial charge in [0, 0.05) is 23.2 Å². The van der Waals surface area contributed by atoms with Crippen molar-refractivity contribution in [1.82, 2.24) is 4.98 Å². The molecule has 1 aromatic heterocycles. The molecule has 2 atom stereocenters. The van der Waals surface area contributed by atoms with Crippen molar-refractivity contribution in [3.8, 4) is 0 Å². The third-order valence-corrected chi connectivity index (χ3v) is 3.09. The van der Waals surface area contributed by atoms with Crippen LogP contribution in [-0.4, -0.2) is 34.4 Å². The van der Waals surface area contributed by atoms with Gasteiger partial charge in [-0.15, -0.1) is 0 Å². The zero-order valence-electron chi connectivity index (χ0n) is 10.9. The molecule has 3 N–H and O–H groups in total. The molecule has 2 rings (SSSR count). The minimum atomic E-state index is -1.29. The fourth-order valence-corrected chi connectivity index (χ4v) is 1.96. The van der Waals surface area contributed by atoms with Gasteiger partial charge in [0.25, 0.3) is 0 Å². The van der Waals surface area contributed by atoms with Gasteiger partial charge in [0.15, 0.2) is 5.43 Å². The Morgan fingerprint density at radius 3 is 2.80 bits per heavy atom. The van der Waals surface area contributed by atoms with Gasteiger partial charge in [-0.1, -0.05) is 6.07 Å². The zero-order chi connectivity index (χ0) is 14.7. The first-order chi connectivity index (χ1) is 9.52. The average Bonchev–Trinajstić information content (AvgIpc) is 2.46. The lowest BCUT2D eigenvalue weighted by Gasteiger charge is -2.17. The number of carbonyl (C=O) groups is 1. The van der Waals surface area contributed by atoms with E-state index in [9.17, 15) is 19.8 Å². The number of aliphatic hydroxyl groups is 2. The number of ether oxygens (including phenoxy) is 1. The number of aliphatic hydroxyl groups excluding tert-OH is 2. The molecular formula is C14H15NO5. The van der Waals surface area contributed by atoms with Gasteiger partial charge in [0.2, 0.25) is 0 Å². The first kappa shape index (κ1) is 14.2. The molecule has 0 fully saturated rings. The summed E-state index contributed by atoms with van der Waals surface area (Å²) in [6.07, 6.45) is -1.34. The third-order valence-electron chi connectivity index (χ3n) is 3.09. The summed E-state index contributed by atoms with van der Waals surface area (Å²) < 4.78 is 4.43. The monoisotopic (exact) mass is 277 g/mol. The van der Waals surface area contributed by atoms with Gasteiger partial charge in [0.05, 0.1) is 19.6 Å². The molecule has 1 heterocycles. The number of H-pyrrole nitrogens is 1. The Hall–Kier alpha value is -2.18. The molecule has 0 bridgehead atoms. The van der Waals surface area contributed by atoms with Crippen molar-refractivity contribution in [1.29, 1.82) is 0 Å². The van der Waals surface area contributed by atoms with Crippen LogP contribution in [0.15, 0.2) is 35.3 Å². The lowest BCUT2D eigenvalue weighted by molar-refractivity contribution is -0.144. The highest BCUT2D eigenvalue weighted by atomic mass is 16.5. The number of hydrogen-bond acceptors (Lipinski definition) is 5. The van der Waals surface area contributed by atoms with E-state index in [1.165, 1.54) is 25.4 Å². The number of methoxy groups -OCH3 is 1. The lowest BCUT2D eigenvalue weighted by Crippen LogP contribution is -2.22. The Morgan fingerprint density at radius 1 is 1.35 bits per heavy atom. The Morgan fingerprint density at radius 2 is 2.10 bits per heavy atom. The Kier molecular flexibility index (Phi) is 4.16. The molecule has 1 aromatic carbocycles. The van der Waals surface area contributed by atoms with E-state index in [1.807, 2.05) is 0 Å². The average molecular weight is 277 g/mol. The van der Waals surface area contributed by atoms with Crippen molar-refractivity contribution in [2.45, 2.75) is 18.6 Å². The number of benzene rings is 1. The number of esters is 1. The van der Waals surface area contributed by atoms with Crippen molar-refractivity contribution >= 4 is 16.9 Å². The SMILES string of the molecule is COC(=O)CC(O)C(O)c1ccc2[nH]ccc(=O)c2c1. The molecular weight excluding hydrogens is 262 g/mol. The van der Waals surface area contributed by atoms with Crippen LogP contribution in [0.25, 0.3) is 10.9 Å². The standard InChI is InChI=1S/C14H15NO5/c1-20-13(18)7-12(17)14(19)8-2-3-10-9(6-8)11(16)4-5-15-10/h2-6,12,14,17,19H,7H2,1H3,(H,15,16). The second-order valence-corrected chi connectivity index (χ2v) is 4.44. The minimum absolute atomic E-state index is 0.185. The fraction of sp³-hybridized carbons (Fsp3) is 0.286. The first-order valence-corrected chi connectivity index (χ1v) is 6.07. The Balaban J connectivity index is 2.30. The van der Waals surface area contributed by atoms with Crippen LogP contribution in [0.3, 0.4) is 0 Å². The first-order valence-electron chi connectivity index (χ1n) is 6.07. The molecule has 20 heavy (non-hydrogen) atoms. The quantitative estimate of drug-likeness (QED) is 0.706. The van der Waals surface area contributed by atoms with Gasteiger partial charge >= 0.3 is 5.97 Å². The van der Waals surface area contributed by atoms with Gasteiger partial charge in [0.1, 0.15) is 6.10 Å². The van der Waals surface area contributed by atoms with Gasteiger partial charge < -0.3 is 19.9 Å². The predicted octanol–water partition coefficient (Wildman–Crippen LogP) is 0.486. The van der Waals surface area contributed by atoms with Crippen molar-refractivity contribution in [3.05, 3.63) is 46.2 Å². The molecule has 0 aliphatic carbocycles. The maximum atomic E-state index is 11.7. The molecule has 0 spiro atoms. The second-order valence-electron chi connectivity index (χ2n) is 4.44. The van der Waals surface area contributed by atoms with Crippen LogP contribution in [0.4, 0.5) is 0 Å². The van der Waals surface area contributed by atoms with E-state index in [4.69, 9.17) is 0 Å². The number of aromatic nitrogens is 1. The lowest BCUT2D eigenvalue weighted by atomic mass is 10.0. The summed E-state index contributed by atoms with van der Waals surface area (Å²) in [7, 11) is 1.21. The summed E-state index contributed by atoms with van der Waals surface area (Å²) in [5, 5.41) is 20.2. The van der Waals surface area contributed by atoms with Crippen molar-refractivity contribution in [2.75, 3.05) is 7.11 Å². The molecule has 106 valence electrons.